The number of hydrogen-bond acceptors (Lipinski definition) is 4. The van der Waals surface area contributed by atoms with Gasteiger partial charge in [0.15, 0.2) is 5.82 Å². The third-order valence-corrected chi connectivity index (χ3v) is 3.82. The highest BCUT2D eigenvalue weighted by molar-refractivity contribution is 5.22. The zero-order chi connectivity index (χ0) is 10.5. The average Bonchev–Trinajstić information content (AvgIpc) is 3.12. The van der Waals surface area contributed by atoms with E-state index in [1.165, 1.54) is 19.3 Å². The maximum absolute atomic E-state index is 10.9. The highest BCUT2D eigenvalue weighted by atomic mass is 16.5. The van der Waals surface area contributed by atoms with Crippen molar-refractivity contribution < 1.29 is 4.52 Å². The van der Waals surface area contributed by atoms with Gasteiger partial charge >= 0.3 is 5.76 Å². The zero-order valence-electron chi connectivity index (χ0n) is 8.53. The monoisotopic (exact) mass is 209 g/mol. The highest BCUT2D eigenvalue weighted by Gasteiger charge is 2.57. The molecule has 0 aromatic carbocycles. The second-order valence-corrected chi connectivity index (χ2v) is 4.88. The van der Waals surface area contributed by atoms with E-state index >= 15 is 0 Å². The quantitative estimate of drug-likeness (QED) is 0.750. The van der Waals surface area contributed by atoms with Crippen molar-refractivity contribution in [3.63, 3.8) is 0 Å². The number of hydrogen-bond donors (Lipinski definition) is 2. The molecule has 2 unspecified atom stereocenters. The van der Waals surface area contributed by atoms with Gasteiger partial charge in [-0.25, -0.2) is 4.79 Å². The van der Waals surface area contributed by atoms with Gasteiger partial charge in [0.25, 0.3) is 0 Å². The lowest BCUT2D eigenvalue weighted by Crippen LogP contribution is -2.24. The summed E-state index contributed by atoms with van der Waals surface area (Å²) in [6.45, 7) is 0.548. The second-order valence-electron chi connectivity index (χ2n) is 4.88. The molecule has 5 heteroatoms. The first-order valence-electron chi connectivity index (χ1n) is 5.51. The number of aromatic amines is 1. The van der Waals surface area contributed by atoms with Crippen molar-refractivity contribution >= 4 is 0 Å². The molecule has 0 bridgehead atoms. The predicted molar refractivity (Wildman–Crippen MR) is 53.3 cm³/mol. The van der Waals surface area contributed by atoms with Crippen LogP contribution < -0.4 is 11.5 Å². The first-order chi connectivity index (χ1) is 7.24. The van der Waals surface area contributed by atoms with Gasteiger partial charge in [-0.05, 0) is 24.7 Å². The van der Waals surface area contributed by atoms with Crippen LogP contribution in [0.5, 0.6) is 0 Å². The van der Waals surface area contributed by atoms with Gasteiger partial charge in [0.2, 0.25) is 0 Å². The van der Waals surface area contributed by atoms with Gasteiger partial charge in [-0.3, -0.25) is 9.51 Å². The summed E-state index contributed by atoms with van der Waals surface area (Å²) in [6, 6.07) is 0. The highest BCUT2D eigenvalue weighted by Crippen LogP contribution is 2.57. The van der Waals surface area contributed by atoms with Crippen LogP contribution in [0.1, 0.15) is 31.5 Å². The summed E-state index contributed by atoms with van der Waals surface area (Å²) in [5.41, 5.74) is 5.70. The van der Waals surface area contributed by atoms with Crippen molar-refractivity contribution in [1.82, 2.24) is 10.1 Å². The fourth-order valence-corrected chi connectivity index (χ4v) is 2.53. The Morgan fingerprint density at radius 3 is 2.93 bits per heavy atom. The van der Waals surface area contributed by atoms with E-state index in [0.29, 0.717) is 18.3 Å². The van der Waals surface area contributed by atoms with Gasteiger partial charge < -0.3 is 5.73 Å². The summed E-state index contributed by atoms with van der Waals surface area (Å²) in [7, 11) is 0. The van der Waals surface area contributed by atoms with Crippen LogP contribution in [0.3, 0.4) is 0 Å². The van der Waals surface area contributed by atoms with Gasteiger partial charge in [-0.2, -0.15) is 0 Å². The molecule has 3 N–H and O–H groups in total. The molecule has 15 heavy (non-hydrogen) atoms. The molecule has 2 fully saturated rings. The Labute approximate surface area is 87.0 Å². The molecule has 2 atom stereocenters. The summed E-state index contributed by atoms with van der Waals surface area (Å²) in [4.78, 5) is 13.5. The van der Waals surface area contributed by atoms with Gasteiger partial charge in [0, 0.05) is 12.0 Å². The third kappa shape index (κ3) is 1.42. The molecule has 1 aromatic heterocycles. The lowest BCUT2D eigenvalue weighted by molar-refractivity contribution is 0.372. The summed E-state index contributed by atoms with van der Waals surface area (Å²) in [5.74, 6) is 1.66. The van der Waals surface area contributed by atoms with Crippen LogP contribution in [-0.2, 0) is 5.41 Å². The molecule has 0 spiro atoms. The van der Waals surface area contributed by atoms with E-state index in [0.717, 1.165) is 12.3 Å². The molecule has 0 aliphatic heterocycles. The van der Waals surface area contributed by atoms with E-state index in [1.807, 2.05) is 0 Å². The molecule has 2 aliphatic rings. The molecule has 1 aromatic rings. The van der Waals surface area contributed by atoms with Crippen molar-refractivity contribution in [3.05, 3.63) is 16.4 Å². The minimum Gasteiger partial charge on any atom is -0.329 e. The molecule has 2 saturated carbocycles. The van der Waals surface area contributed by atoms with Gasteiger partial charge in [0.1, 0.15) is 0 Å². The fourth-order valence-electron chi connectivity index (χ4n) is 2.53. The van der Waals surface area contributed by atoms with E-state index in [1.54, 1.807) is 0 Å². The Kier molecular flexibility index (Phi) is 1.80. The van der Waals surface area contributed by atoms with Crippen LogP contribution in [0.4, 0.5) is 0 Å². The van der Waals surface area contributed by atoms with E-state index in [4.69, 9.17) is 5.73 Å². The smallest absolute Gasteiger partial charge is 0.329 e. The Balaban J connectivity index is 1.79. The number of rotatable bonds is 4. The first kappa shape index (κ1) is 9.15. The number of nitrogens with zero attached hydrogens (tertiary/aromatic N) is 1. The van der Waals surface area contributed by atoms with Gasteiger partial charge in [0.05, 0.1) is 0 Å². The zero-order valence-corrected chi connectivity index (χ0v) is 8.53. The summed E-state index contributed by atoms with van der Waals surface area (Å²) < 4.78 is 4.54. The number of H-pyrrole nitrogens is 1. The largest absolute Gasteiger partial charge is 0.438 e. The Hall–Kier alpha value is -1.10. The van der Waals surface area contributed by atoms with Crippen LogP contribution in [0.15, 0.2) is 9.32 Å². The number of nitrogens with two attached hydrogens (primary N) is 1. The number of nitrogens with one attached hydrogen (secondary N) is 1. The summed E-state index contributed by atoms with van der Waals surface area (Å²) >= 11 is 0. The molecule has 1 heterocycles. The predicted octanol–water partition coefficient (Wildman–Crippen LogP) is 0.379. The molecule has 82 valence electrons. The first-order valence-corrected chi connectivity index (χ1v) is 5.51. The average molecular weight is 209 g/mol. The van der Waals surface area contributed by atoms with Crippen LogP contribution in [-0.4, -0.2) is 16.7 Å². The Bertz CT molecular complexity index is 420. The molecule has 0 radical (unpaired) electrons. The van der Waals surface area contributed by atoms with Crippen LogP contribution in [0.25, 0.3) is 0 Å². The van der Waals surface area contributed by atoms with Crippen LogP contribution in [0.2, 0.25) is 0 Å². The van der Waals surface area contributed by atoms with E-state index in [2.05, 4.69) is 14.7 Å². The lowest BCUT2D eigenvalue weighted by Gasteiger charge is -2.09. The molecular formula is C10H15N3O2. The molecule has 0 amide bonds. The van der Waals surface area contributed by atoms with Crippen molar-refractivity contribution in [2.75, 3.05) is 6.54 Å². The molecule has 0 saturated heterocycles. The molecule has 3 rings (SSSR count). The second kappa shape index (κ2) is 2.95. The third-order valence-electron chi connectivity index (χ3n) is 3.82. The molecule has 2 aliphatic carbocycles. The van der Waals surface area contributed by atoms with Crippen molar-refractivity contribution in [2.45, 2.75) is 31.1 Å². The van der Waals surface area contributed by atoms with Crippen molar-refractivity contribution in [2.24, 2.45) is 17.6 Å². The lowest BCUT2D eigenvalue weighted by atomic mass is 10.00. The maximum atomic E-state index is 10.9. The summed E-state index contributed by atoms with van der Waals surface area (Å²) in [6.07, 6.45) is 4.98. The van der Waals surface area contributed by atoms with Crippen molar-refractivity contribution in [1.29, 1.82) is 0 Å². The van der Waals surface area contributed by atoms with Crippen molar-refractivity contribution in [3.8, 4) is 0 Å². The van der Waals surface area contributed by atoms with E-state index < -0.39 is 5.76 Å². The van der Waals surface area contributed by atoms with Gasteiger partial charge in [-0.1, -0.05) is 18.0 Å². The van der Waals surface area contributed by atoms with E-state index in [-0.39, 0.29) is 5.41 Å². The number of aromatic nitrogens is 2. The van der Waals surface area contributed by atoms with Crippen LogP contribution >= 0.6 is 0 Å². The molecular weight excluding hydrogens is 194 g/mol. The standard InChI is InChI=1S/C10H15N3O2/c11-5-10(8-12-9(14)15-13-8)4-7(10)3-6-1-2-6/h6-7H,1-5,11H2,(H,12,13,14). The van der Waals surface area contributed by atoms with Crippen LogP contribution in [0, 0.1) is 11.8 Å². The van der Waals surface area contributed by atoms with E-state index in [9.17, 15) is 4.79 Å². The Morgan fingerprint density at radius 1 is 1.60 bits per heavy atom. The minimum atomic E-state index is -0.477. The normalized spacial score (nSPS) is 34.3. The Morgan fingerprint density at radius 2 is 2.40 bits per heavy atom. The fraction of sp³-hybridized carbons (Fsp3) is 0.800. The maximum Gasteiger partial charge on any atom is 0.438 e. The summed E-state index contributed by atoms with van der Waals surface area (Å²) in [5, 5.41) is 3.78. The molecule has 5 nitrogen and oxygen atoms in total. The SMILES string of the molecule is NCC1(c2noc(=O)[nH]2)CC1CC1CC1. The topological polar surface area (TPSA) is 84.9 Å². The minimum absolute atomic E-state index is 0.0885. The van der Waals surface area contributed by atoms with Gasteiger partial charge in [-0.15, -0.1) is 0 Å².